The maximum atomic E-state index is 6.46. The standard InChI is InChI=1S/C17H34O4Si2/c1-6-18-22(5,17-13-15-10-11-16(17)12-15)14-23(19-7-2,20-8-3)21-9-4/h10-11,15-17H,6-9,12-14H2,1-5H3. The molecule has 2 aliphatic rings. The molecule has 0 saturated heterocycles. The van der Waals surface area contributed by atoms with E-state index < -0.39 is 17.1 Å². The average molecular weight is 359 g/mol. The van der Waals surface area contributed by atoms with Crippen LogP contribution < -0.4 is 0 Å². The molecule has 0 heterocycles. The van der Waals surface area contributed by atoms with Crippen LogP contribution in [0.15, 0.2) is 12.2 Å². The molecule has 23 heavy (non-hydrogen) atoms. The molecule has 0 N–H and O–H groups in total. The zero-order valence-corrected chi connectivity index (χ0v) is 17.5. The van der Waals surface area contributed by atoms with Gasteiger partial charge in [0.25, 0.3) is 0 Å². The Kier molecular flexibility index (Phi) is 7.07. The van der Waals surface area contributed by atoms with E-state index in [4.69, 9.17) is 17.7 Å². The molecule has 4 unspecified atom stereocenters. The van der Waals surface area contributed by atoms with E-state index in [2.05, 4.69) is 25.6 Å². The molecular weight excluding hydrogens is 324 g/mol. The summed E-state index contributed by atoms with van der Waals surface area (Å²) in [6.45, 7) is 13.3. The molecule has 0 aliphatic heterocycles. The Bertz CT molecular complexity index is 387. The summed E-state index contributed by atoms with van der Waals surface area (Å²) < 4.78 is 24.8. The Morgan fingerprint density at radius 2 is 1.39 bits per heavy atom. The van der Waals surface area contributed by atoms with Crippen LogP contribution in [-0.4, -0.2) is 43.5 Å². The topological polar surface area (TPSA) is 36.9 Å². The molecule has 0 amide bonds. The molecule has 0 aromatic heterocycles. The minimum absolute atomic E-state index is 0.638. The largest absolute Gasteiger partial charge is 0.500 e. The van der Waals surface area contributed by atoms with Crippen LogP contribution in [0.4, 0.5) is 0 Å². The van der Waals surface area contributed by atoms with Gasteiger partial charge in [0.15, 0.2) is 8.32 Å². The first-order valence-corrected chi connectivity index (χ1v) is 13.9. The third kappa shape index (κ3) is 4.35. The molecule has 134 valence electrons. The molecule has 1 fully saturated rings. The summed E-state index contributed by atoms with van der Waals surface area (Å²) in [5.74, 6) is 1.46. The highest BCUT2D eigenvalue weighted by Gasteiger charge is 2.56. The second kappa shape index (κ2) is 8.40. The summed E-state index contributed by atoms with van der Waals surface area (Å²) in [6.07, 6.45) is 7.42. The highest BCUT2D eigenvalue weighted by Crippen LogP contribution is 2.53. The van der Waals surface area contributed by atoms with Gasteiger partial charge in [0.05, 0.1) is 0 Å². The fourth-order valence-corrected chi connectivity index (χ4v) is 15.0. The van der Waals surface area contributed by atoms with E-state index in [0.29, 0.717) is 31.3 Å². The predicted molar refractivity (Wildman–Crippen MR) is 97.8 cm³/mol. The van der Waals surface area contributed by atoms with Crippen LogP contribution in [-0.2, 0) is 17.7 Å². The van der Waals surface area contributed by atoms with Crippen molar-refractivity contribution in [2.75, 3.05) is 26.4 Å². The van der Waals surface area contributed by atoms with Gasteiger partial charge < -0.3 is 17.7 Å². The van der Waals surface area contributed by atoms with Crippen molar-refractivity contribution >= 4 is 17.1 Å². The minimum atomic E-state index is -2.65. The number of hydrogen-bond donors (Lipinski definition) is 0. The molecule has 0 aromatic rings. The predicted octanol–water partition coefficient (Wildman–Crippen LogP) is 4.15. The second-order valence-electron chi connectivity index (χ2n) is 6.79. The third-order valence-electron chi connectivity index (χ3n) is 5.20. The Balaban J connectivity index is 2.21. The van der Waals surface area contributed by atoms with Gasteiger partial charge in [-0.3, -0.25) is 0 Å². The number of hydrogen-bond acceptors (Lipinski definition) is 4. The summed E-state index contributed by atoms with van der Waals surface area (Å²) in [5, 5.41) is 0. The van der Waals surface area contributed by atoms with Crippen molar-refractivity contribution in [2.45, 2.75) is 58.3 Å². The first-order chi connectivity index (χ1) is 11.0. The Morgan fingerprint density at radius 1 is 0.826 bits per heavy atom. The van der Waals surface area contributed by atoms with Crippen LogP contribution in [0.1, 0.15) is 40.5 Å². The summed E-state index contributed by atoms with van der Waals surface area (Å²) in [7, 11) is -4.63. The quantitative estimate of drug-likeness (QED) is 0.411. The lowest BCUT2D eigenvalue weighted by atomic mass is 10.1. The van der Waals surface area contributed by atoms with E-state index in [-0.39, 0.29) is 0 Å². The highest BCUT2D eigenvalue weighted by molar-refractivity contribution is 6.87. The fraction of sp³-hybridized carbons (Fsp3) is 0.882. The molecule has 2 rings (SSSR count). The van der Waals surface area contributed by atoms with Gasteiger partial charge in [-0.25, -0.2) is 0 Å². The highest BCUT2D eigenvalue weighted by atomic mass is 28.4. The first-order valence-electron chi connectivity index (χ1n) is 9.26. The maximum absolute atomic E-state index is 6.46. The molecule has 0 spiro atoms. The van der Waals surface area contributed by atoms with Gasteiger partial charge in [0.2, 0.25) is 0 Å². The van der Waals surface area contributed by atoms with Crippen molar-refractivity contribution in [1.29, 1.82) is 0 Å². The van der Waals surface area contributed by atoms with Gasteiger partial charge >= 0.3 is 8.80 Å². The van der Waals surface area contributed by atoms with Crippen LogP contribution >= 0.6 is 0 Å². The van der Waals surface area contributed by atoms with Crippen molar-refractivity contribution in [3.8, 4) is 0 Å². The second-order valence-corrected chi connectivity index (χ2v) is 14.1. The zero-order valence-electron chi connectivity index (χ0n) is 15.5. The lowest BCUT2D eigenvalue weighted by Gasteiger charge is -2.41. The molecule has 0 radical (unpaired) electrons. The molecule has 4 atom stereocenters. The van der Waals surface area contributed by atoms with Crippen LogP contribution in [0.5, 0.6) is 0 Å². The van der Waals surface area contributed by atoms with E-state index >= 15 is 0 Å². The normalized spacial score (nSPS) is 29.2. The minimum Gasteiger partial charge on any atom is -0.417 e. The smallest absolute Gasteiger partial charge is 0.417 e. The first kappa shape index (κ1) is 19.3. The zero-order chi connectivity index (χ0) is 16.9. The van der Waals surface area contributed by atoms with E-state index in [1.165, 1.54) is 12.8 Å². The summed E-state index contributed by atoms with van der Waals surface area (Å²) in [4.78, 5) is 0. The van der Waals surface area contributed by atoms with Crippen molar-refractivity contribution in [3.05, 3.63) is 12.2 Å². The maximum Gasteiger partial charge on any atom is 0.500 e. The van der Waals surface area contributed by atoms with Crippen LogP contribution in [0.2, 0.25) is 17.8 Å². The van der Waals surface area contributed by atoms with E-state index in [0.717, 1.165) is 18.2 Å². The molecule has 4 nitrogen and oxygen atoms in total. The molecular formula is C17H34O4Si2. The molecule has 6 heteroatoms. The molecule has 2 aliphatic carbocycles. The van der Waals surface area contributed by atoms with Crippen molar-refractivity contribution in [3.63, 3.8) is 0 Å². The Hall–Kier alpha value is 0.0138. The van der Waals surface area contributed by atoms with Crippen molar-refractivity contribution in [1.82, 2.24) is 0 Å². The average Bonchev–Trinajstić information content (AvgIpc) is 3.11. The summed E-state index contributed by atoms with van der Waals surface area (Å²) >= 11 is 0. The molecule has 0 aromatic carbocycles. The van der Waals surface area contributed by atoms with Gasteiger partial charge in [0, 0.05) is 32.1 Å². The van der Waals surface area contributed by atoms with Crippen LogP contribution in [0.3, 0.4) is 0 Å². The molecule has 2 bridgehead atoms. The molecule has 1 saturated carbocycles. The third-order valence-corrected chi connectivity index (χ3v) is 15.1. The van der Waals surface area contributed by atoms with E-state index in [1.807, 2.05) is 20.8 Å². The van der Waals surface area contributed by atoms with Gasteiger partial charge in [-0.15, -0.1) is 0 Å². The van der Waals surface area contributed by atoms with Crippen LogP contribution in [0.25, 0.3) is 0 Å². The van der Waals surface area contributed by atoms with Gasteiger partial charge in [-0.1, -0.05) is 12.2 Å². The van der Waals surface area contributed by atoms with E-state index in [1.54, 1.807) is 0 Å². The fourth-order valence-electron chi connectivity index (χ4n) is 4.47. The summed E-state index contributed by atoms with van der Waals surface area (Å²) in [6, 6.07) is 0. The van der Waals surface area contributed by atoms with E-state index in [9.17, 15) is 0 Å². The number of fused-ring (bicyclic) bond motifs is 2. The van der Waals surface area contributed by atoms with Gasteiger partial charge in [-0.05, 0) is 64.5 Å². The SMILES string of the molecule is CCO[Si](C[Si](C)(OCC)C1CC2C=CC1C2)(OCC)OCC. The summed E-state index contributed by atoms with van der Waals surface area (Å²) in [5.41, 5.74) is 1.55. The van der Waals surface area contributed by atoms with Crippen molar-refractivity contribution < 1.29 is 17.7 Å². The van der Waals surface area contributed by atoms with Crippen LogP contribution in [0, 0.1) is 11.8 Å². The number of rotatable bonds is 11. The lowest BCUT2D eigenvalue weighted by molar-refractivity contribution is 0.0738. The van der Waals surface area contributed by atoms with Gasteiger partial charge in [0.1, 0.15) is 0 Å². The van der Waals surface area contributed by atoms with Crippen molar-refractivity contribution in [2.24, 2.45) is 11.8 Å². The van der Waals surface area contributed by atoms with Gasteiger partial charge in [-0.2, -0.15) is 0 Å². The monoisotopic (exact) mass is 358 g/mol. The Labute approximate surface area is 144 Å². The Morgan fingerprint density at radius 3 is 1.78 bits per heavy atom. The lowest BCUT2D eigenvalue weighted by Crippen LogP contribution is -2.56. The number of allylic oxidation sites excluding steroid dienone is 2.